The summed E-state index contributed by atoms with van der Waals surface area (Å²) in [5, 5.41) is 0. The van der Waals surface area contributed by atoms with Crippen molar-refractivity contribution in [2.45, 2.75) is 207 Å². The van der Waals surface area contributed by atoms with Crippen LogP contribution >= 0.6 is 0 Å². The molecule has 1 unspecified atom stereocenters. The Balaban J connectivity index is 4.24. The lowest BCUT2D eigenvalue weighted by Gasteiger charge is -2.27. The molecule has 0 aromatic carbocycles. The van der Waals surface area contributed by atoms with E-state index >= 15 is 0 Å². The molecule has 0 saturated carbocycles. The summed E-state index contributed by atoms with van der Waals surface area (Å²) in [6, 6.07) is 0. The van der Waals surface area contributed by atoms with Crippen LogP contribution in [-0.2, 0) is 9.53 Å². The predicted octanol–water partition coefficient (Wildman–Crippen LogP) is 12.5. The fourth-order valence-corrected chi connectivity index (χ4v) is 5.56. The van der Waals surface area contributed by atoms with Crippen molar-refractivity contribution in [1.29, 1.82) is 0 Å². The maximum atomic E-state index is 13.2. The van der Waals surface area contributed by atoms with Gasteiger partial charge in [0.1, 0.15) is 0 Å². The van der Waals surface area contributed by atoms with Crippen molar-refractivity contribution >= 4 is 5.97 Å². The van der Waals surface area contributed by atoms with Crippen LogP contribution in [0.3, 0.4) is 0 Å². The molecule has 0 radical (unpaired) electrons. The molecule has 0 fully saturated rings. The maximum absolute atomic E-state index is 13.2. The molecule has 0 saturated heterocycles. The van der Waals surface area contributed by atoms with E-state index in [0.29, 0.717) is 6.61 Å². The van der Waals surface area contributed by atoms with Crippen LogP contribution in [0.15, 0.2) is 0 Å². The second-order valence-corrected chi connectivity index (χ2v) is 12.3. The van der Waals surface area contributed by atoms with E-state index in [0.717, 1.165) is 19.3 Å². The Morgan fingerprint density at radius 3 is 1.03 bits per heavy atom. The number of ether oxygens (including phenoxy) is 1. The number of esters is 1. The zero-order valence-corrected chi connectivity index (χ0v) is 26.3. The van der Waals surface area contributed by atoms with Crippen LogP contribution in [-0.4, -0.2) is 12.6 Å². The third kappa shape index (κ3) is 24.3. The number of hydrogen-bond acceptors (Lipinski definition) is 2. The van der Waals surface area contributed by atoms with Crippen molar-refractivity contribution < 1.29 is 9.53 Å². The molecule has 0 amide bonds. The van der Waals surface area contributed by atoms with Gasteiger partial charge in [0.05, 0.1) is 12.0 Å². The zero-order chi connectivity index (χ0) is 27.3. The van der Waals surface area contributed by atoms with Crippen LogP contribution in [0, 0.1) is 5.41 Å². The van der Waals surface area contributed by atoms with Gasteiger partial charge in [-0.05, 0) is 26.2 Å². The van der Waals surface area contributed by atoms with Gasteiger partial charge in [0.25, 0.3) is 0 Å². The average molecular weight is 523 g/mol. The van der Waals surface area contributed by atoms with E-state index in [1.807, 2.05) is 0 Å². The fourth-order valence-electron chi connectivity index (χ4n) is 5.56. The van der Waals surface area contributed by atoms with Gasteiger partial charge < -0.3 is 4.74 Å². The van der Waals surface area contributed by atoms with E-state index < -0.39 is 0 Å². The summed E-state index contributed by atoms with van der Waals surface area (Å²) < 4.78 is 5.88. The molecule has 222 valence electrons. The first-order valence-electron chi connectivity index (χ1n) is 17.3. The molecule has 0 spiro atoms. The number of carbonyl (C=O) groups is 1. The van der Waals surface area contributed by atoms with Crippen molar-refractivity contribution in [3.05, 3.63) is 0 Å². The summed E-state index contributed by atoms with van der Waals surface area (Å²) in [4.78, 5) is 13.2. The molecule has 37 heavy (non-hydrogen) atoms. The molecule has 0 aromatic heterocycles. The van der Waals surface area contributed by atoms with Gasteiger partial charge in [-0.1, -0.05) is 181 Å². The molecule has 1 atom stereocenters. The Hall–Kier alpha value is -0.530. The Kier molecular flexibility index (Phi) is 28.1. The Labute approximate surface area is 234 Å². The molecule has 0 aromatic rings. The summed E-state index contributed by atoms with van der Waals surface area (Å²) in [5.74, 6) is 0.0920. The normalized spacial score (nSPS) is 13.1. The number of rotatable bonds is 30. The van der Waals surface area contributed by atoms with E-state index in [-0.39, 0.29) is 11.4 Å². The standard InChI is InChI=1S/C35H70O2/c1-5-8-11-14-17-20-21-23-26-29-32-35(4,31-28-25-22-18-15-12-9-6-2)34(36)37-33-30-27-24-19-16-13-10-7-3/h5-33H2,1-4H3. The van der Waals surface area contributed by atoms with Gasteiger partial charge in [-0.15, -0.1) is 0 Å². The van der Waals surface area contributed by atoms with Crippen LogP contribution in [0.5, 0.6) is 0 Å². The predicted molar refractivity (Wildman–Crippen MR) is 165 cm³/mol. The number of carbonyl (C=O) groups excluding carboxylic acids is 1. The van der Waals surface area contributed by atoms with E-state index in [2.05, 4.69) is 27.7 Å². The first-order valence-corrected chi connectivity index (χ1v) is 17.3. The highest BCUT2D eigenvalue weighted by molar-refractivity contribution is 5.76. The van der Waals surface area contributed by atoms with Gasteiger partial charge in [-0.3, -0.25) is 4.79 Å². The summed E-state index contributed by atoms with van der Waals surface area (Å²) in [7, 11) is 0. The maximum Gasteiger partial charge on any atom is 0.311 e. The van der Waals surface area contributed by atoms with Crippen LogP contribution < -0.4 is 0 Å². The monoisotopic (exact) mass is 523 g/mol. The van der Waals surface area contributed by atoms with Crippen molar-refractivity contribution in [1.82, 2.24) is 0 Å². The second kappa shape index (κ2) is 28.5. The van der Waals surface area contributed by atoms with E-state index in [1.165, 1.54) is 161 Å². The molecule has 0 heterocycles. The van der Waals surface area contributed by atoms with E-state index in [9.17, 15) is 4.79 Å². The van der Waals surface area contributed by atoms with Crippen LogP contribution in [0.1, 0.15) is 207 Å². The molecule has 0 N–H and O–H groups in total. The Morgan fingerprint density at radius 2 is 0.703 bits per heavy atom. The topological polar surface area (TPSA) is 26.3 Å². The Bertz CT molecular complexity index is 460. The van der Waals surface area contributed by atoms with Crippen molar-refractivity contribution in [3.8, 4) is 0 Å². The lowest BCUT2D eigenvalue weighted by molar-refractivity contribution is -0.156. The first kappa shape index (κ1) is 36.5. The fraction of sp³-hybridized carbons (Fsp3) is 0.971. The molecule has 0 aliphatic rings. The minimum atomic E-state index is -0.275. The first-order chi connectivity index (χ1) is 18.1. The van der Waals surface area contributed by atoms with Gasteiger partial charge in [0.15, 0.2) is 0 Å². The lowest BCUT2D eigenvalue weighted by Crippen LogP contribution is -2.30. The molecule has 0 aliphatic carbocycles. The second-order valence-electron chi connectivity index (χ2n) is 12.3. The van der Waals surface area contributed by atoms with E-state index in [1.54, 1.807) is 0 Å². The van der Waals surface area contributed by atoms with Gasteiger partial charge in [0, 0.05) is 0 Å². The summed E-state index contributed by atoms with van der Waals surface area (Å²) >= 11 is 0. The van der Waals surface area contributed by atoms with Gasteiger partial charge in [0.2, 0.25) is 0 Å². The molecule has 0 aliphatic heterocycles. The van der Waals surface area contributed by atoms with Crippen molar-refractivity contribution in [3.63, 3.8) is 0 Å². The van der Waals surface area contributed by atoms with E-state index in [4.69, 9.17) is 4.74 Å². The van der Waals surface area contributed by atoms with Gasteiger partial charge >= 0.3 is 5.97 Å². The van der Waals surface area contributed by atoms with Crippen LogP contribution in [0.4, 0.5) is 0 Å². The smallest absolute Gasteiger partial charge is 0.311 e. The molecule has 0 rings (SSSR count). The average Bonchev–Trinajstić information content (AvgIpc) is 2.90. The molecule has 2 nitrogen and oxygen atoms in total. The summed E-state index contributed by atoms with van der Waals surface area (Å²) in [6.45, 7) is 9.67. The van der Waals surface area contributed by atoms with Crippen molar-refractivity contribution in [2.75, 3.05) is 6.61 Å². The molecular formula is C35H70O2. The highest BCUT2D eigenvalue weighted by Gasteiger charge is 2.33. The molecule has 0 bridgehead atoms. The molecule has 2 heteroatoms. The zero-order valence-electron chi connectivity index (χ0n) is 26.3. The SMILES string of the molecule is CCCCCCCCCCCCC(C)(CCCCCCCCCC)C(=O)OCCCCCCCCCC. The van der Waals surface area contributed by atoms with Crippen LogP contribution in [0.2, 0.25) is 0 Å². The largest absolute Gasteiger partial charge is 0.465 e. The Morgan fingerprint density at radius 1 is 0.432 bits per heavy atom. The van der Waals surface area contributed by atoms with Gasteiger partial charge in [-0.2, -0.15) is 0 Å². The van der Waals surface area contributed by atoms with Gasteiger partial charge in [-0.25, -0.2) is 0 Å². The quantitative estimate of drug-likeness (QED) is 0.0692. The highest BCUT2D eigenvalue weighted by Crippen LogP contribution is 2.33. The summed E-state index contributed by atoms with van der Waals surface area (Å²) in [6.07, 6.45) is 36.4. The third-order valence-corrected chi connectivity index (χ3v) is 8.39. The minimum Gasteiger partial charge on any atom is -0.465 e. The number of hydrogen-bond donors (Lipinski definition) is 0. The number of unbranched alkanes of at least 4 members (excludes halogenated alkanes) is 23. The summed E-state index contributed by atoms with van der Waals surface area (Å²) in [5.41, 5.74) is -0.275. The lowest BCUT2D eigenvalue weighted by atomic mass is 9.79. The van der Waals surface area contributed by atoms with Crippen molar-refractivity contribution in [2.24, 2.45) is 5.41 Å². The highest BCUT2D eigenvalue weighted by atomic mass is 16.5. The van der Waals surface area contributed by atoms with Crippen LogP contribution in [0.25, 0.3) is 0 Å². The molecular weight excluding hydrogens is 452 g/mol. The minimum absolute atomic E-state index is 0.0920. The third-order valence-electron chi connectivity index (χ3n) is 8.39.